The molecule has 5 rings (SSSR count). The van der Waals surface area contributed by atoms with Crippen molar-refractivity contribution in [1.29, 1.82) is 0 Å². The standard InChI is InChI=1S/C22H24N4O2S/c1-29-21-16(5-4-8-23-21)22(28)25-11-14-9-19(20(27)10-15(14)12-25)26-13-24-17-6-2-3-7-18(17)26/h2-8,13-15,19-20,27H,9-12H2,1H3/t14-,15+,19-,20-/m1/s1. The van der Waals surface area contributed by atoms with Gasteiger partial charge >= 0.3 is 0 Å². The zero-order valence-electron chi connectivity index (χ0n) is 16.3. The van der Waals surface area contributed by atoms with E-state index in [9.17, 15) is 9.90 Å². The van der Waals surface area contributed by atoms with E-state index in [-0.39, 0.29) is 11.9 Å². The van der Waals surface area contributed by atoms with Crippen LogP contribution in [0.1, 0.15) is 29.2 Å². The highest BCUT2D eigenvalue weighted by Crippen LogP contribution is 2.42. The van der Waals surface area contributed by atoms with Crippen molar-refractivity contribution in [3.05, 3.63) is 54.5 Å². The van der Waals surface area contributed by atoms with Crippen molar-refractivity contribution in [1.82, 2.24) is 19.4 Å². The fraction of sp³-hybridized carbons (Fsp3) is 0.409. The number of aliphatic hydroxyl groups is 1. The predicted molar refractivity (Wildman–Crippen MR) is 113 cm³/mol. The molecule has 3 aromatic rings. The molecule has 1 aliphatic carbocycles. The number of pyridine rings is 1. The highest BCUT2D eigenvalue weighted by atomic mass is 32.2. The van der Waals surface area contributed by atoms with Crippen LogP contribution < -0.4 is 0 Å². The summed E-state index contributed by atoms with van der Waals surface area (Å²) >= 11 is 1.50. The number of thioether (sulfide) groups is 1. The summed E-state index contributed by atoms with van der Waals surface area (Å²) in [6, 6.07) is 11.7. The number of imidazole rings is 1. The number of para-hydroxylation sites is 2. The van der Waals surface area contributed by atoms with Gasteiger partial charge in [-0.1, -0.05) is 12.1 Å². The Labute approximate surface area is 174 Å². The van der Waals surface area contributed by atoms with Crippen molar-refractivity contribution in [2.24, 2.45) is 11.8 Å². The average molecular weight is 409 g/mol. The van der Waals surface area contributed by atoms with Crippen LogP contribution in [-0.2, 0) is 0 Å². The van der Waals surface area contributed by atoms with E-state index in [0.29, 0.717) is 30.4 Å². The molecule has 7 heteroatoms. The maximum absolute atomic E-state index is 13.1. The second-order valence-electron chi connectivity index (χ2n) is 8.04. The monoisotopic (exact) mass is 408 g/mol. The molecule has 0 unspecified atom stereocenters. The molecule has 3 heterocycles. The van der Waals surface area contributed by atoms with Crippen molar-refractivity contribution in [2.45, 2.75) is 30.0 Å². The molecule has 0 radical (unpaired) electrons. The first-order valence-electron chi connectivity index (χ1n) is 10.0. The van der Waals surface area contributed by atoms with Gasteiger partial charge in [-0.15, -0.1) is 11.8 Å². The molecule has 2 fully saturated rings. The van der Waals surface area contributed by atoms with Crippen LogP contribution in [0.4, 0.5) is 0 Å². The summed E-state index contributed by atoms with van der Waals surface area (Å²) in [5.41, 5.74) is 2.68. The van der Waals surface area contributed by atoms with Gasteiger partial charge in [0, 0.05) is 19.3 Å². The fourth-order valence-electron chi connectivity index (χ4n) is 5.00. The Hall–Kier alpha value is -2.38. The minimum Gasteiger partial charge on any atom is -0.391 e. The Balaban J connectivity index is 1.37. The van der Waals surface area contributed by atoms with E-state index in [0.717, 1.165) is 29.0 Å². The number of likely N-dealkylation sites (tertiary alicyclic amines) is 1. The average Bonchev–Trinajstić information content (AvgIpc) is 3.36. The van der Waals surface area contributed by atoms with Gasteiger partial charge in [-0.05, 0) is 55.2 Å². The second-order valence-corrected chi connectivity index (χ2v) is 8.83. The zero-order chi connectivity index (χ0) is 20.0. The molecule has 150 valence electrons. The van der Waals surface area contributed by atoms with Gasteiger partial charge in [0.05, 0.1) is 35.1 Å². The number of aromatic nitrogens is 3. The minimum absolute atomic E-state index is 0.00106. The van der Waals surface area contributed by atoms with E-state index in [1.807, 2.05) is 47.8 Å². The highest BCUT2D eigenvalue weighted by molar-refractivity contribution is 7.98. The molecular formula is C22H24N4O2S. The van der Waals surface area contributed by atoms with Crippen molar-refractivity contribution in [3.63, 3.8) is 0 Å². The van der Waals surface area contributed by atoms with Gasteiger partial charge in [0.1, 0.15) is 5.03 Å². The summed E-state index contributed by atoms with van der Waals surface area (Å²) in [5, 5.41) is 11.7. The first-order chi connectivity index (χ1) is 14.2. The van der Waals surface area contributed by atoms with Gasteiger partial charge in [-0.25, -0.2) is 9.97 Å². The number of amides is 1. The van der Waals surface area contributed by atoms with E-state index >= 15 is 0 Å². The largest absolute Gasteiger partial charge is 0.391 e. The zero-order valence-corrected chi connectivity index (χ0v) is 17.1. The van der Waals surface area contributed by atoms with Gasteiger partial charge in [-0.3, -0.25) is 4.79 Å². The number of nitrogens with zero attached hydrogens (tertiary/aromatic N) is 4. The molecule has 1 saturated heterocycles. The van der Waals surface area contributed by atoms with Gasteiger partial charge in [0.25, 0.3) is 5.91 Å². The Morgan fingerprint density at radius 3 is 2.72 bits per heavy atom. The number of carbonyl (C=O) groups is 1. The number of aliphatic hydroxyl groups excluding tert-OH is 1. The lowest BCUT2D eigenvalue weighted by Crippen LogP contribution is -2.36. The van der Waals surface area contributed by atoms with Crippen molar-refractivity contribution in [3.8, 4) is 0 Å². The molecule has 4 atom stereocenters. The second kappa shape index (κ2) is 7.46. The molecule has 1 saturated carbocycles. The summed E-state index contributed by atoms with van der Waals surface area (Å²) in [6.45, 7) is 1.45. The van der Waals surface area contributed by atoms with Crippen LogP contribution in [0.3, 0.4) is 0 Å². The van der Waals surface area contributed by atoms with Crippen LogP contribution in [-0.4, -0.2) is 55.9 Å². The summed E-state index contributed by atoms with van der Waals surface area (Å²) in [7, 11) is 0. The van der Waals surface area contributed by atoms with Gasteiger partial charge in [0.15, 0.2) is 0 Å². The molecule has 1 aliphatic heterocycles. The van der Waals surface area contributed by atoms with E-state index < -0.39 is 6.10 Å². The van der Waals surface area contributed by atoms with E-state index in [2.05, 4.69) is 20.6 Å². The number of fused-ring (bicyclic) bond motifs is 2. The van der Waals surface area contributed by atoms with E-state index in [1.165, 1.54) is 11.8 Å². The summed E-state index contributed by atoms with van der Waals surface area (Å²) < 4.78 is 2.12. The maximum Gasteiger partial charge on any atom is 0.256 e. The van der Waals surface area contributed by atoms with Crippen molar-refractivity contribution in [2.75, 3.05) is 19.3 Å². The van der Waals surface area contributed by atoms with Crippen LogP contribution in [0.25, 0.3) is 11.0 Å². The Bertz CT molecular complexity index is 1050. The van der Waals surface area contributed by atoms with Gasteiger partial charge in [0.2, 0.25) is 0 Å². The predicted octanol–water partition coefficient (Wildman–Crippen LogP) is 3.24. The van der Waals surface area contributed by atoms with Crippen LogP contribution in [0.5, 0.6) is 0 Å². The van der Waals surface area contributed by atoms with Gasteiger partial charge in [-0.2, -0.15) is 0 Å². The molecule has 2 aromatic heterocycles. The third-order valence-electron chi connectivity index (χ3n) is 6.43. The molecule has 1 aromatic carbocycles. The molecule has 0 bridgehead atoms. The molecule has 1 amide bonds. The van der Waals surface area contributed by atoms with Crippen LogP contribution in [0.15, 0.2) is 53.9 Å². The van der Waals surface area contributed by atoms with Crippen molar-refractivity contribution < 1.29 is 9.90 Å². The lowest BCUT2D eigenvalue weighted by molar-refractivity contribution is 0.0374. The molecule has 0 spiro atoms. The first-order valence-corrected chi connectivity index (χ1v) is 11.3. The highest BCUT2D eigenvalue weighted by Gasteiger charge is 2.44. The minimum atomic E-state index is -0.427. The van der Waals surface area contributed by atoms with Gasteiger partial charge < -0.3 is 14.6 Å². The summed E-state index contributed by atoms with van der Waals surface area (Å²) in [6.07, 6.45) is 6.66. The number of hydrogen-bond donors (Lipinski definition) is 1. The quantitative estimate of drug-likeness (QED) is 0.674. The van der Waals surface area contributed by atoms with E-state index in [1.54, 1.807) is 6.20 Å². The maximum atomic E-state index is 13.1. The summed E-state index contributed by atoms with van der Waals surface area (Å²) in [4.78, 5) is 23.9. The normalized spacial score (nSPS) is 26.6. The SMILES string of the molecule is CSc1ncccc1C(=O)N1C[C@H]2C[C@@H](n3cnc4ccccc43)[C@H](O)C[C@H]2C1. The molecule has 29 heavy (non-hydrogen) atoms. The number of hydrogen-bond acceptors (Lipinski definition) is 5. The smallest absolute Gasteiger partial charge is 0.256 e. The van der Waals surface area contributed by atoms with Crippen LogP contribution >= 0.6 is 11.8 Å². The third-order valence-corrected chi connectivity index (χ3v) is 7.14. The Kier molecular flexibility index (Phi) is 4.80. The van der Waals surface area contributed by atoms with E-state index in [4.69, 9.17) is 0 Å². The van der Waals surface area contributed by atoms with Crippen LogP contribution in [0.2, 0.25) is 0 Å². The lowest BCUT2D eigenvalue weighted by atomic mass is 9.77. The Morgan fingerprint density at radius 1 is 1.10 bits per heavy atom. The summed E-state index contributed by atoms with van der Waals surface area (Å²) in [5.74, 6) is 0.785. The first kappa shape index (κ1) is 18.6. The number of rotatable bonds is 3. The lowest BCUT2D eigenvalue weighted by Gasteiger charge is -2.36. The fourth-order valence-corrected chi connectivity index (χ4v) is 5.54. The Morgan fingerprint density at radius 2 is 1.90 bits per heavy atom. The molecule has 6 nitrogen and oxygen atoms in total. The molecular weight excluding hydrogens is 384 g/mol. The van der Waals surface area contributed by atoms with Crippen molar-refractivity contribution >= 4 is 28.7 Å². The third kappa shape index (κ3) is 3.22. The molecule has 2 aliphatic rings. The number of carbonyl (C=O) groups excluding carboxylic acids is 1. The molecule has 1 N–H and O–H groups in total. The number of benzene rings is 1. The van der Waals surface area contributed by atoms with Crippen LogP contribution in [0, 0.1) is 11.8 Å². The topological polar surface area (TPSA) is 71.2 Å².